The predicted octanol–water partition coefficient (Wildman–Crippen LogP) is 3.80. The van der Waals surface area contributed by atoms with Gasteiger partial charge in [0.1, 0.15) is 10.7 Å². The molecule has 134 valence electrons. The summed E-state index contributed by atoms with van der Waals surface area (Å²) in [5.74, 6) is -0.245. The fourth-order valence-corrected chi connectivity index (χ4v) is 3.67. The van der Waals surface area contributed by atoms with Crippen LogP contribution in [0.1, 0.15) is 12.0 Å². The highest BCUT2D eigenvalue weighted by molar-refractivity contribution is 7.89. The van der Waals surface area contributed by atoms with Crippen LogP contribution in [0.5, 0.6) is 0 Å². The van der Waals surface area contributed by atoms with Gasteiger partial charge in [0.25, 0.3) is 0 Å². The van der Waals surface area contributed by atoms with Crippen LogP contribution in [0, 0.1) is 5.82 Å². The second-order valence-corrected chi connectivity index (χ2v) is 7.63. The van der Waals surface area contributed by atoms with Crippen LogP contribution in [-0.2, 0) is 16.4 Å². The lowest BCUT2D eigenvalue weighted by Gasteiger charge is -2.07. The molecule has 0 amide bonds. The normalized spacial score (nSPS) is 11.4. The van der Waals surface area contributed by atoms with Gasteiger partial charge in [-0.05, 0) is 42.2 Å². The van der Waals surface area contributed by atoms with Gasteiger partial charge in [-0.3, -0.25) is 4.98 Å². The van der Waals surface area contributed by atoms with Crippen LogP contribution in [-0.4, -0.2) is 19.9 Å². The van der Waals surface area contributed by atoms with Crippen molar-refractivity contribution in [3.8, 4) is 11.1 Å². The zero-order chi connectivity index (χ0) is 18.4. The SMILES string of the molecule is O=S(=O)(NCCCc1ccc(-c2ccccc2F)cc1)c1cccnc1. The summed E-state index contributed by atoms with van der Waals surface area (Å²) in [4.78, 5) is 3.98. The van der Waals surface area contributed by atoms with E-state index in [1.807, 2.05) is 24.3 Å². The number of benzene rings is 2. The van der Waals surface area contributed by atoms with Crippen molar-refractivity contribution in [1.29, 1.82) is 0 Å². The molecule has 6 heteroatoms. The second kappa shape index (κ2) is 8.21. The fraction of sp³-hybridized carbons (Fsp3) is 0.150. The van der Waals surface area contributed by atoms with Crippen LogP contribution in [0.2, 0.25) is 0 Å². The summed E-state index contributed by atoms with van der Waals surface area (Å²) in [5.41, 5.74) is 2.47. The number of rotatable bonds is 7. The number of hydrogen-bond donors (Lipinski definition) is 1. The van der Waals surface area contributed by atoms with Crippen molar-refractivity contribution in [3.63, 3.8) is 0 Å². The van der Waals surface area contributed by atoms with Gasteiger partial charge in [0.15, 0.2) is 0 Å². The number of halogens is 1. The van der Waals surface area contributed by atoms with Crippen molar-refractivity contribution >= 4 is 10.0 Å². The van der Waals surface area contributed by atoms with Crippen LogP contribution in [0.4, 0.5) is 4.39 Å². The molecule has 0 atom stereocenters. The minimum atomic E-state index is -3.52. The summed E-state index contributed by atoms with van der Waals surface area (Å²) in [6, 6.07) is 17.4. The largest absolute Gasteiger partial charge is 0.263 e. The number of aryl methyl sites for hydroxylation is 1. The summed E-state index contributed by atoms with van der Waals surface area (Å²) in [7, 11) is -3.52. The second-order valence-electron chi connectivity index (χ2n) is 5.87. The third-order valence-electron chi connectivity index (χ3n) is 4.02. The molecule has 0 saturated carbocycles. The van der Waals surface area contributed by atoms with Gasteiger partial charge in [0.05, 0.1) is 0 Å². The van der Waals surface area contributed by atoms with Crippen molar-refractivity contribution < 1.29 is 12.8 Å². The van der Waals surface area contributed by atoms with Crippen molar-refractivity contribution in [1.82, 2.24) is 9.71 Å². The molecule has 0 fully saturated rings. The molecule has 4 nitrogen and oxygen atoms in total. The first-order valence-electron chi connectivity index (χ1n) is 8.30. The third kappa shape index (κ3) is 4.53. The maximum Gasteiger partial charge on any atom is 0.242 e. The summed E-state index contributed by atoms with van der Waals surface area (Å²) in [5, 5.41) is 0. The lowest BCUT2D eigenvalue weighted by atomic mass is 10.0. The molecule has 1 heterocycles. The van der Waals surface area contributed by atoms with Crippen molar-refractivity contribution in [2.45, 2.75) is 17.7 Å². The average Bonchev–Trinajstić information content (AvgIpc) is 2.67. The number of nitrogens with one attached hydrogen (secondary N) is 1. The van der Waals surface area contributed by atoms with Gasteiger partial charge < -0.3 is 0 Å². The Morgan fingerprint density at radius 3 is 2.42 bits per heavy atom. The van der Waals surface area contributed by atoms with Crippen LogP contribution >= 0.6 is 0 Å². The van der Waals surface area contributed by atoms with E-state index < -0.39 is 10.0 Å². The van der Waals surface area contributed by atoms with Gasteiger partial charge in [-0.1, -0.05) is 42.5 Å². The highest BCUT2D eigenvalue weighted by Crippen LogP contribution is 2.23. The standard InChI is InChI=1S/C20H19FN2O2S/c21-20-8-2-1-7-19(20)17-11-9-16(10-12-17)5-3-14-23-26(24,25)18-6-4-13-22-15-18/h1-2,4,6-13,15,23H,3,5,14H2. The van der Waals surface area contributed by atoms with E-state index in [0.717, 1.165) is 17.5 Å². The lowest BCUT2D eigenvalue weighted by molar-refractivity contribution is 0.578. The van der Waals surface area contributed by atoms with Crippen LogP contribution in [0.15, 0.2) is 78.0 Å². The minimum Gasteiger partial charge on any atom is -0.263 e. The number of hydrogen-bond acceptors (Lipinski definition) is 3. The van der Waals surface area contributed by atoms with E-state index in [2.05, 4.69) is 9.71 Å². The highest BCUT2D eigenvalue weighted by atomic mass is 32.2. The molecule has 3 rings (SSSR count). The maximum atomic E-state index is 13.8. The Morgan fingerprint density at radius 2 is 1.73 bits per heavy atom. The molecule has 0 unspecified atom stereocenters. The molecule has 0 aliphatic rings. The number of pyridine rings is 1. The zero-order valence-electron chi connectivity index (χ0n) is 14.1. The lowest BCUT2D eigenvalue weighted by Crippen LogP contribution is -2.25. The Hall–Kier alpha value is -2.57. The first-order valence-corrected chi connectivity index (χ1v) is 9.78. The molecule has 1 N–H and O–H groups in total. The quantitative estimate of drug-likeness (QED) is 0.644. The van der Waals surface area contributed by atoms with Crippen LogP contribution < -0.4 is 4.72 Å². The van der Waals surface area contributed by atoms with Gasteiger partial charge in [0.2, 0.25) is 10.0 Å². The highest BCUT2D eigenvalue weighted by Gasteiger charge is 2.12. The molecular formula is C20H19FN2O2S. The van der Waals surface area contributed by atoms with E-state index in [4.69, 9.17) is 0 Å². The molecular weight excluding hydrogens is 351 g/mol. The van der Waals surface area contributed by atoms with Gasteiger partial charge in [-0.25, -0.2) is 17.5 Å². The van der Waals surface area contributed by atoms with E-state index in [1.165, 1.54) is 24.5 Å². The number of nitrogens with zero attached hydrogens (tertiary/aromatic N) is 1. The predicted molar refractivity (Wildman–Crippen MR) is 99.6 cm³/mol. The number of sulfonamides is 1. The maximum absolute atomic E-state index is 13.8. The van der Waals surface area contributed by atoms with E-state index in [1.54, 1.807) is 24.3 Å². The molecule has 1 aromatic heterocycles. The summed E-state index contributed by atoms with van der Waals surface area (Å²) >= 11 is 0. The average molecular weight is 370 g/mol. The van der Waals surface area contributed by atoms with E-state index in [-0.39, 0.29) is 10.7 Å². The van der Waals surface area contributed by atoms with Gasteiger partial charge >= 0.3 is 0 Å². The summed E-state index contributed by atoms with van der Waals surface area (Å²) in [6.45, 7) is 0.340. The Balaban J connectivity index is 1.54. The monoisotopic (exact) mass is 370 g/mol. The third-order valence-corrected chi connectivity index (χ3v) is 5.46. The van der Waals surface area contributed by atoms with E-state index in [9.17, 15) is 12.8 Å². The molecule has 0 saturated heterocycles. The van der Waals surface area contributed by atoms with Crippen LogP contribution in [0.3, 0.4) is 0 Å². The molecule has 0 bridgehead atoms. The fourth-order valence-electron chi connectivity index (χ4n) is 2.63. The Labute approximate surface area is 152 Å². The molecule has 0 aliphatic heterocycles. The van der Waals surface area contributed by atoms with Crippen LogP contribution in [0.25, 0.3) is 11.1 Å². The molecule has 2 aromatic carbocycles. The zero-order valence-corrected chi connectivity index (χ0v) is 14.9. The summed E-state index contributed by atoms with van der Waals surface area (Å²) < 4.78 is 40.6. The molecule has 0 radical (unpaired) electrons. The molecule has 0 aliphatic carbocycles. The Bertz CT molecular complexity index is 959. The van der Waals surface area contributed by atoms with Crippen molar-refractivity contribution in [2.75, 3.05) is 6.54 Å². The van der Waals surface area contributed by atoms with Gasteiger partial charge in [-0.2, -0.15) is 0 Å². The Morgan fingerprint density at radius 1 is 0.962 bits per heavy atom. The van der Waals surface area contributed by atoms with Crippen molar-refractivity contribution in [3.05, 3.63) is 84.4 Å². The first-order chi connectivity index (χ1) is 12.6. The minimum absolute atomic E-state index is 0.161. The van der Waals surface area contributed by atoms with Gasteiger partial charge in [-0.15, -0.1) is 0 Å². The Kier molecular flexibility index (Phi) is 5.75. The van der Waals surface area contributed by atoms with Gasteiger partial charge in [0, 0.05) is 24.5 Å². The van der Waals surface area contributed by atoms with E-state index >= 15 is 0 Å². The molecule has 3 aromatic rings. The van der Waals surface area contributed by atoms with Crippen molar-refractivity contribution in [2.24, 2.45) is 0 Å². The smallest absolute Gasteiger partial charge is 0.242 e. The van der Waals surface area contributed by atoms with E-state index in [0.29, 0.717) is 18.5 Å². The topological polar surface area (TPSA) is 59.1 Å². The molecule has 0 spiro atoms. The first kappa shape index (κ1) is 18.2. The summed E-state index contributed by atoms with van der Waals surface area (Å²) in [6.07, 6.45) is 4.25. The molecule has 26 heavy (non-hydrogen) atoms. The number of aromatic nitrogens is 1.